The number of hydrogen-bond donors (Lipinski definition) is 2. The minimum absolute atomic E-state index is 0.495. The number of aliphatic hydroxyl groups is 1. The minimum atomic E-state index is -1.26. The van der Waals surface area contributed by atoms with Gasteiger partial charge in [0.15, 0.2) is 0 Å². The van der Waals surface area contributed by atoms with Crippen molar-refractivity contribution >= 4 is 5.97 Å². The first kappa shape index (κ1) is 11.9. The number of benzene rings is 1. The molecule has 2 N–H and O–H groups in total. The van der Waals surface area contributed by atoms with E-state index in [1.807, 2.05) is 12.1 Å². The number of rotatable bonds is 3. The largest absolute Gasteiger partial charge is 0.481 e. The molecule has 0 saturated carbocycles. The van der Waals surface area contributed by atoms with E-state index in [0.29, 0.717) is 12.0 Å². The molecule has 1 aliphatic rings. The summed E-state index contributed by atoms with van der Waals surface area (Å²) in [5, 5.41) is 19.8. The van der Waals surface area contributed by atoms with Crippen LogP contribution in [0.1, 0.15) is 30.7 Å². The van der Waals surface area contributed by atoms with Crippen molar-refractivity contribution in [1.29, 1.82) is 0 Å². The van der Waals surface area contributed by atoms with Gasteiger partial charge in [-0.1, -0.05) is 42.5 Å². The smallest absolute Gasteiger partial charge is 0.314 e. The maximum absolute atomic E-state index is 11.4. The number of carboxylic acids is 1. The first-order valence-corrected chi connectivity index (χ1v) is 5.81. The molecule has 2 rings (SSSR count). The van der Waals surface area contributed by atoms with Crippen LogP contribution in [0.3, 0.4) is 0 Å². The zero-order valence-corrected chi connectivity index (χ0v) is 9.54. The second-order valence-electron chi connectivity index (χ2n) is 4.47. The highest BCUT2D eigenvalue weighted by Crippen LogP contribution is 2.36. The predicted octanol–water partition coefficient (Wildman–Crippen LogP) is 2.33. The van der Waals surface area contributed by atoms with E-state index in [0.717, 1.165) is 12.8 Å². The Hall–Kier alpha value is -1.61. The Morgan fingerprint density at radius 3 is 2.53 bits per heavy atom. The van der Waals surface area contributed by atoms with Crippen LogP contribution in [-0.4, -0.2) is 21.8 Å². The van der Waals surface area contributed by atoms with Crippen molar-refractivity contribution in [2.45, 2.75) is 30.8 Å². The molecule has 0 unspecified atom stereocenters. The summed E-state index contributed by atoms with van der Waals surface area (Å²) in [6.45, 7) is 0. The van der Waals surface area contributed by atoms with Crippen LogP contribution in [0, 0.1) is 0 Å². The number of carbonyl (C=O) groups is 1. The summed E-state index contributed by atoms with van der Waals surface area (Å²) in [4.78, 5) is 11.4. The fraction of sp³-hybridized carbons (Fsp3) is 0.357. The molecule has 2 atom stereocenters. The van der Waals surface area contributed by atoms with Crippen LogP contribution in [0.15, 0.2) is 42.5 Å². The van der Waals surface area contributed by atoms with Crippen molar-refractivity contribution in [2.75, 3.05) is 0 Å². The number of carboxylic acid groups (broad SMARTS) is 1. The summed E-state index contributed by atoms with van der Waals surface area (Å²) >= 11 is 0. The normalized spacial score (nSPS) is 25.5. The standard InChI is InChI=1S/C14H16O3/c15-13(16)12(11-7-3-1-4-8-11)14(17)9-5-2-6-10-14/h1,3-5,7-9,12,17H,2,6,10H2,(H,15,16)/t12-,14+/m0/s1. The molecule has 0 spiro atoms. The van der Waals surface area contributed by atoms with Crippen LogP contribution < -0.4 is 0 Å². The van der Waals surface area contributed by atoms with E-state index in [1.54, 1.807) is 30.3 Å². The predicted molar refractivity (Wildman–Crippen MR) is 64.8 cm³/mol. The van der Waals surface area contributed by atoms with Crippen molar-refractivity contribution in [1.82, 2.24) is 0 Å². The molecule has 3 nitrogen and oxygen atoms in total. The Morgan fingerprint density at radius 1 is 1.29 bits per heavy atom. The highest BCUT2D eigenvalue weighted by molar-refractivity contribution is 5.78. The lowest BCUT2D eigenvalue weighted by Gasteiger charge is -2.33. The Kier molecular flexibility index (Phi) is 3.29. The summed E-state index contributed by atoms with van der Waals surface area (Å²) < 4.78 is 0. The van der Waals surface area contributed by atoms with Crippen LogP contribution in [0.2, 0.25) is 0 Å². The minimum Gasteiger partial charge on any atom is -0.481 e. The van der Waals surface area contributed by atoms with Crippen LogP contribution in [0.5, 0.6) is 0 Å². The molecule has 0 radical (unpaired) electrons. The van der Waals surface area contributed by atoms with Gasteiger partial charge in [0, 0.05) is 0 Å². The molecule has 90 valence electrons. The Morgan fingerprint density at radius 2 is 2.00 bits per heavy atom. The van der Waals surface area contributed by atoms with Crippen LogP contribution in [-0.2, 0) is 4.79 Å². The number of allylic oxidation sites excluding steroid dienone is 1. The van der Waals surface area contributed by atoms with Gasteiger partial charge in [-0.15, -0.1) is 0 Å². The first-order chi connectivity index (χ1) is 8.13. The fourth-order valence-corrected chi connectivity index (χ4v) is 2.40. The van der Waals surface area contributed by atoms with E-state index in [9.17, 15) is 15.0 Å². The van der Waals surface area contributed by atoms with Crippen LogP contribution in [0.4, 0.5) is 0 Å². The molecular formula is C14H16O3. The van der Waals surface area contributed by atoms with E-state index < -0.39 is 17.5 Å². The molecular weight excluding hydrogens is 216 g/mol. The van der Waals surface area contributed by atoms with Gasteiger partial charge in [-0.3, -0.25) is 4.79 Å². The topological polar surface area (TPSA) is 57.5 Å². The van der Waals surface area contributed by atoms with Crippen molar-refractivity contribution in [2.24, 2.45) is 0 Å². The summed E-state index contributed by atoms with van der Waals surface area (Å²) in [6, 6.07) is 8.92. The summed E-state index contributed by atoms with van der Waals surface area (Å²) in [5.41, 5.74) is -0.611. The van der Waals surface area contributed by atoms with Crippen LogP contribution >= 0.6 is 0 Å². The van der Waals surface area contributed by atoms with E-state index in [2.05, 4.69) is 0 Å². The molecule has 0 aliphatic heterocycles. The fourth-order valence-electron chi connectivity index (χ4n) is 2.40. The quantitative estimate of drug-likeness (QED) is 0.786. The highest BCUT2D eigenvalue weighted by atomic mass is 16.4. The SMILES string of the molecule is O=C(O)[C@H](c1ccccc1)[C@@]1(O)C=CCCC1. The van der Waals surface area contributed by atoms with Gasteiger partial charge >= 0.3 is 5.97 Å². The monoisotopic (exact) mass is 232 g/mol. The molecule has 0 saturated heterocycles. The molecule has 0 amide bonds. The zero-order chi connectivity index (χ0) is 12.3. The third-order valence-corrected chi connectivity index (χ3v) is 3.23. The van der Waals surface area contributed by atoms with Crippen molar-refractivity contribution in [3.8, 4) is 0 Å². The van der Waals surface area contributed by atoms with Gasteiger partial charge in [-0.25, -0.2) is 0 Å². The van der Waals surface area contributed by atoms with Crippen LogP contribution in [0.25, 0.3) is 0 Å². The average molecular weight is 232 g/mol. The third-order valence-electron chi connectivity index (χ3n) is 3.23. The molecule has 1 aliphatic carbocycles. The summed E-state index contributed by atoms with van der Waals surface area (Å²) in [6.07, 6.45) is 5.73. The number of hydrogen-bond acceptors (Lipinski definition) is 2. The lowest BCUT2D eigenvalue weighted by molar-refractivity contribution is -0.144. The van der Waals surface area contributed by atoms with E-state index in [1.165, 1.54) is 0 Å². The zero-order valence-electron chi connectivity index (χ0n) is 9.54. The molecule has 1 aromatic rings. The second kappa shape index (κ2) is 4.72. The Balaban J connectivity index is 2.39. The second-order valence-corrected chi connectivity index (χ2v) is 4.47. The Bertz CT molecular complexity index is 424. The average Bonchev–Trinajstić information content (AvgIpc) is 2.30. The molecule has 3 heteroatoms. The molecule has 0 aromatic heterocycles. The molecule has 0 bridgehead atoms. The molecule has 0 fully saturated rings. The first-order valence-electron chi connectivity index (χ1n) is 5.81. The van der Waals surface area contributed by atoms with Gasteiger partial charge in [0.2, 0.25) is 0 Å². The van der Waals surface area contributed by atoms with Gasteiger partial charge in [0.25, 0.3) is 0 Å². The van der Waals surface area contributed by atoms with E-state index in [-0.39, 0.29) is 0 Å². The van der Waals surface area contributed by atoms with Gasteiger partial charge in [0.1, 0.15) is 11.5 Å². The van der Waals surface area contributed by atoms with Gasteiger partial charge in [0.05, 0.1) is 0 Å². The molecule has 17 heavy (non-hydrogen) atoms. The molecule has 0 heterocycles. The van der Waals surface area contributed by atoms with Gasteiger partial charge in [-0.2, -0.15) is 0 Å². The van der Waals surface area contributed by atoms with Crippen molar-refractivity contribution in [3.05, 3.63) is 48.0 Å². The summed E-state index contributed by atoms with van der Waals surface area (Å²) in [5.74, 6) is -1.87. The van der Waals surface area contributed by atoms with Gasteiger partial charge in [-0.05, 0) is 24.8 Å². The van der Waals surface area contributed by atoms with Crippen molar-refractivity contribution in [3.63, 3.8) is 0 Å². The van der Waals surface area contributed by atoms with E-state index in [4.69, 9.17) is 0 Å². The molecule has 1 aromatic carbocycles. The highest BCUT2D eigenvalue weighted by Gasteiger charge is 2.41. The maximum atomic E-state index is 11.4. The summed E-state index contributed by atoms with van der Waals surface area (Å²) in [7, 11) is 0. The number of aliphatic carboxylic acids is 1. The maximum Gasteiger partial charge on any atom is 0.314 e. The van der Waals surface area contributed by atoms with E-state index >= 15 is 0 Å². The van der Waals surface area contributed by atoms with Crippen molar-refractivity contribution < 1.29 is 15.0 Å². The Labute approximate surface area is 100 Å². The lowest BCUT2D eigenvalue weighted by atomic mass is 9.76. The third kappa shape index (κ3) is 2.39. The van der Waals surface area contributed by atoms with Gasteiger partial charge < -0.3 is 10.2 Å². The lowest BCUT2D eigenvalue weighted by Crippen LogP contribution is -2.40.